The van der Waals surface area contributed by atoms with Gasteiger partial charge in [-0.25, -0.2) is 0 Å². The van der Waals surface area contributed by atoms with Crippen molar-refractivity contribution in [3.63, 3.8) is 0 Å². The number of aliphatic imine (C=N–C) groups is 1. The van der Waals surface area contributed by atoms with Gasteiger partial charge in [0.2, 0.25) is 0 Å². The topological polar surface area (TPSA) is 54.9 Å². The molecule has 0 radical (unpaired) electrons. The van der Waals surface area contributed by atoms with E-state index >= 15 is 0 Å². The summed E-state index contributed by atoms with van der Waals surface area (Å²) in [5.41, 5.74) is 1.51. The summed E-state index contributed by atoms with van der Waals surface area (Å²) in [4.78, 5) is 4.32. The minimum absolute atomic E-state index is 0.464. The van der Waals surface area contributed by atoms with Crippen LogP contribution in [0.2, 0.25) is 0 Å². The SMILES string of the molecule is CCC1(CNC(=NC)NCc2cccc(OC)c2OC)CCC1. The number of guanidine groups is 1. The molecule has 5 nitrogen and oxygen atoms in total. The molecule has 1 aliphatic rings. The largest absolute Gasteiger partial charge is 0.493 e. The number of nitrogens with zero attached hydrogens (tertiary/aromatic N) is 1. The Kier molecular flexibility index (Phi) is 6.13. The first-order valence-electron chi connectivity index (χ1n) is 8.32. The smallest absolute Gasteiger partial charge is 0.191 e. The zero-order chi connectivity index (χ0) is 16.7. The molecule has 1 saturated carbocycles. The molecule has 0 spiro atoms. The highest BCUT2D eigenvalue weighted by Gasteiger charge is 2.34. The van der Waals surface area contributed by atoms with Crippen molar-refractivity contribution in [1.82, 2.24) is 10.6 Å². The molecule has 1 aromatic carbocycles. The van der Waals surface area contributed by atoms with Gasteiger partial charge in [0.15, 0.2) is 17.5 Å². The summed E-state index contributed by atoms with van der Waals surface area (Å²) < 4.78 is 10.8. The molecular formula is C18H29N3O2. The van der Waals surface area contributed by atoms with E-state index in [0.717, 1.165) is 29.6 Å². The first kappa shape index (κ1) is 17.4. The van der Waals surface area contributed by atoms with Crippen LogP contribution in [-0.2, 0) is 6.54 Å². The van der Waals surface area contributed by atoms with Gasteiger partial charge in [-0.05, 0) is 30.7 Å². The summed E-state index contributed by atoms with van der Waals surface area (Å²) in [7, 11) is 5.12. The Morgan fingerprint density at radius 2 is 2.00 bits per heavy atom. The van der Waals surface area contributed by atoms with E-state index in [1.54, 1.807) is 21.3 Å². The Morgan fingerprint density at radius 3 is 2.52 bits per heavy atom. The molecule has 2 rings (SSSR count). The van der Waals surface area contributed by atoms with E-state index in [1.807, 2.05) is 18.2 Å². The molecule has 0 aliphatic heterocycles. The van der Waals surface area contributed by atoms with Crippen molar-refractivity contribution in [2.24, 2.45) is 10.4 Å². The summed E-state index contributed by atoms with van der Waals surface area (Å²) in [5.74, 6) is 2.34. The van der Waals surface area contributed by atoms with Crippen LogP contribution in [0.5, 0.6) is 11.5 Å². The van der Waals surface area contributed by atoms with E-state index in [0.29, 0.717) is 12.0 Å². The first-order valence-corrected chi connectivity index (χ1v) is 8.32. The van der Waals surface area contributed by atoms with E-state index in [9.17, 15) is 0 Å². The fraction of sp³-hybridized carbons (Fsp3) is 0.611. The summed E-state index contributed by atoms with van der Waals surface area (Å²) in [5, 5.41) is 6.83. The van der Waals surface area contributed by atoms with Crippen LogP contribution in [0.15, 0.2) is 23.2 Å². The van der Waals surface area contributed by atoms with Gasteiger partial charge >= 0.3 is 0 Å². The minimum Gasteiger partial charge on any atom is -0.493 e. The summed E-state index contributed by atoms with van der Waals surface area (Å²) in [6.45, 7) is 3.90. The highest BCUT2D eigenvalue weighted by Crippen LogP contribution is 2.43. The number of methoxy groups -OCH3 is 2. The van der Waals surface area contributed by atoms with Crippen LogP contribution in [0.25, 0.3) is 0 Å². The fourth-order valence-corrected chi connectivity index (χ4v) is 3.10. The Bertz CT molecular complexity index is 534. The molecule has 5 heteroatoms. The lowest BCUT2D eigenvalue weighted by Gasteiger charge is -2.41. The lowest BCUT2D eigenvalue weighted by Crippen LogP contribution is -2.46. The van der Waals surface area contributed by atoms with Crippen LogP contribution in [0.4, 0.5) is 0 Å². The first-order chi connectivity index (χ1) is 11.2. The maximum Gasteiger partial charge on any atom is 0.191 e. The fourth-order valence-electron chi connectivity index (χ4n) is 3.10. The third-order valence-corrected chi connectivity index (χ3v) is 4.95. The van der Waals surface area contributed by atoms with Crippen LogP contribution in [0, 0.1) is 5.41 Å². The molecule has 2 N–H and O–H groups in total. The van der Waals surface area contributed by atoms with Gasteiger partial charge < -0.3 is 20.1 Å². The minimum atomic E-state index is 0.464. The van der Waals surface area contributed by atoms with Crippen LogP contribution in [-0.4, -0.2) is 33.8 Å². The van der Waals surface area contributed by atoms with Crippen molar-refractivity contribution < 1.29 is 9.47 Å². The normalized spacial score (nSPS) is 16.4. The summed E-state index contributed by atoms with van der Waals surface area (Å²) in [6, 6.07) is 5.90. The van der Waals surface area contributed by atoms with Crippen molar-refractivity contribution in [3.8, 4) is 11.5 Å². The number of hydrogen-bond donors (Lipinski definition) is 2. The highest BCUT2D eigenvalue weighted by molar-refractivity contribution is 5.79. The van der Waals surface area contributed by atoms with Gasteiger partial charge in [-0.1, -0.05) is 25.5 Å². The van der Waals surface area contributed by atoms with E-state index in [4.69, 9.17) is 9.47 Å². The number of nitrogens with one attached hydrogen (secondary N) is 2. The molecule has 0 heterocycles. The van der Waals surface area contributed by atoms with E-state index in [-0.39, 0.29) is 0 Å². The molecule has 23 heavy (non-hydrogen) atoms. The molecule has 0 unspecified atom stereocenters. The van der Waals surface area contributed by atoms with Gasteiger partial charge in [-0.3, -0.25) is 4.99 Å². The van der Waals surface area contributed by atoms with Crippen molar-refractivity contribution in [2.75, 3.05) is 27.8 Å². The Labute approximate surface area is 139 Å². The van der Waals surface area contributed by atoms with Crippen molar-refractivity contribution in [1.29, 1.82) is 0 Å². The van der Waals surface area contributed by atoms with Crippen LogP contribution >= 0.6 is 0 Å². The van der Waals surface area contributed by atoms with Gasteiger partial charge in [0.25, 0.3) is 0 Å². The Hall–Kier alpha value is -1.91. The maximum absolute atomic E-state index is 5.47. The lowest BCUT2D eigenvalue weighted by atomic mass is 9.67. The lowest BCUT2D eigenvalue weighted by molar-refractivity contribution is 0.131. The third-order valence-electron chi connectivity index (χ3n) is 4.95. The predicted octanol–water partition coefficient (Wildman–Crippen LogP) is 2.95. The second-order valence-electron chi connectivity index (χ2n) is 6.14. The maximum atomic E-state index is 5.47. The van der Waals surface area contributed by atoms with Crippen LogP contribution in [0.1, 0.15) is 38.2 Å². The Morgan fingerprint density at radius 1 is 1.22 bits per heavy atom. The molecule has 1 aromatic rings. The number of ether oxygens (including phenoxy) is 2. The van der Waals surface area contributed by atoms with Gasteiger partial charge in [0, 0.05) is 25.7 Å². The molecule has 1 aliphatic carbocycles. The number of hydrogen-bond acceptors (Lipinski definition) is 3. The third kappa shape index (κ3) is 4.09. The Balaban J connectivity index is 1.93. The molecule has 0 amide bonds. The van der Waals surface area contributed by atoms with E-state index < -0.39 is 0 Å². The molecule has 0 aromatic heterocycles. The number of para-hydroxylation sites is 1. The van der Waals surface area contributed by atoms with Crippen LogP contribution < -0.4 is 20.1 Å². The second kappa shape index (κ2) is 8.09. The predicted molar refractivity (Wildman–Crippen MR) is 94.3 cm³/mol. The van der Waals surface area contributed by atoms with Crippen molar-refractivity contribution in [3.05, 3.63) is 23.8 Å². The van der Waals surface area contributed by atoms with Gasteiger partial charge in [0.1, 0.15) is 0 Å². The van der Waals surface area contributed by atoms with Gasteiger partial charge in [-0.15, -0.1) is 0 Å². The highest BCUT2D eigenvalue weighted by atomic mass is 16.5. The molecule has 1 fully saturated rings. The van der Waals surface area contributed by atoms with Crippen molar-refractivity contribution >= 4 is 5.96 Å². The standard InChI is InChI=1S/C18H29N3O2/c1-5-18(10-7-11-18)13-21-17(19-2)20-12-14-8-6-9-15(22-3)16(14)23-4/h6,8-9H,5,7,10-13H2,1-4H3,(H2,19,20,21). The van der Waals surface area contributed by atoms with Crippen molar-refractivity contribution in [2.45, 2.75) is 39.2 Å². The molecular weight excluding hydrogens is 290 g/mol. The summed E-state index contributed by atoms with van der Waals surface area (Å²) in [6.07, 6.45) is 5.21. The average Bonchev–Trinajstić information content (AvgIpc) is 2.56. The average molecular weight is 319 g/mol. The second-order valence-corrected chi connectivity index (χ2v) is 6.14. The summed E-state index contributed by atoms with van der Waals surface area (Å²) >= 11 is 0. The number of rotatable bonds is 7. The molecule has 0 atom stereocenters. The molecule has 0 bridgehead atoms. The number of benzene rings is 1. The zero-order valence-corrected chi connectivity index (χ0v) is 14.7. The van der Waals surface area contributed by atoms with Gasteiger partial charge in [0.05, 0.1) is 14.2 Å². The monoisotopic (exact) mass is 319 g/mol. The van der Waals surface area contributed by atoms with E-state index in [1.165, 1.54) is 25.7 Å². The van der Waals surface area contributed by atoms with E-state index in [2.05, 4.69) is 22.5 Å². The molecule has 0 saturated heterocycles. The van der Waals surface area contributed by atoms with Crippen LogP contribution in [0.3, 0.4) is 0 Å². The quantitative estimate of drug-likeness (QED) is 0.599. The zero-order valence-electron chi connectivity index (χ0n) is 14.7. The molecule has 128 valence electrons. The van der Waals surface area contributed by atoms with Gasteiger partial charge in [-0.2, -0.15) is 0 Å².